The molecule has 0 saturated carbocycles. The molecule has 0 spiro atoms. The Morgan fingerprint density at radius 2 is 2.31 bits per heavy atom. The van der Waals surface area contributed by atoms with Gasteiger partial charge in [-0.05, 0) is 19.8 Å². The van der Waals surface area contributed by atoms with Gasteiger partial charge in [-0.2, -0.15) is 0 Å². The van der Waals surface area contributed by atoms with E-state index in [-0.39, 0.29) is 5.54 Å². The normalized spacial score (nSPS) is 27.6. The zero-order valence-electron chi connectivity index (χ0n) is 10.9. The van der Waals surface area contributed by atoms with Crippen LogP contribution in [-0.2, 0) is 9.47 Å². The van der Waals surface area contributed by atoms with Crippen molar-refractivity contribution in [3.8, 4) is 0 Å². The third-order valence-corrected chi connectivity index (χ3v) is 3.45. The minimum atomic E-state index is -0.156. The van der Waals surface area contributed by atoms with E-state index >= 15 is 0 Å². The molecule has 1 aliphatic heterocycles. The van der Waals surface area contributed by atoms with E-state index in [2.05, 4.69) is 18.7 Å². The van der Waals surface area contributed by atoms with Crippen LogP contribution in [0.5, 0.6) is 0 Å². The molecule has 2 N–H and O–H groups in total. The third-order valence-electron chi connectivity index (χ3n) is 3.45. The number of hydrogen-bond donors (Lipinski definition) is 1. The largest absolute Gasteiger partial charge is 0.383 e. The molecule has 0 aliphatic carbocycles. The Morgan fingerprint density at radius 1 is 1.56 bits per heavy atom. The molecule has 0 amide bonds. The molecule has 1 aliphatic rings. The van der Waals surface area contributed by atoms with Gasteiger partial charge in [-0.1, -0.05) is 6.92 Å². The quantitative estimate of drug-likeness (QED) is 0.704. The molecule has 96 valence electrons. The first-order valence-corrected chi connectivity index (χ1v) is 6.21. The molecule has 1 fully saturated rings. The Labute approximate surface area is 99.1 Å². The lowest BCUT2D eigenvalue weighted by atomic mass is 9.98. The fourth-order valence-electron chi connectivity index (χ4n) is 2.07. The van der Waals surface area contributed by atoms with E-state index in [1.54, 1.807) is 7.11 Å². The van der Waals surface area contributed by atoms with Gasteiger partial charge in [-0.25, -0.2) is 0 Å². The summed E-state index contributed by atoms with van der Waals surface area (Å²) >= 11 is 0. The van der Waals surface area contributed by atoms with Crippen molar-refractivity contribution in [3.63, 3.8) is 0 Å². The lowest BCUT2D eigenvalue weighted by molar-refractivity contribution is 0.0947. The van der Waals surface area contributed by atoms with Crippen LogP contribution < -0.4 is 5.73 Å². The van der Waals surface area contributed by atoms with Crippen molar-refractivity contribution in [1.82, 2.24) is 4.90 Å². The lowest BCUT2D eigenvalue weighted by Gasteiger charge is -2.35. The first-order valence-electron chi connectivity index (χ1n) is 6.21. The molecule has 4 heteroatoms. The predicted molar refractivity (Wildman–Crippen MR) is 65.6 cm³/mol. The number of nitrogens with two attached hydrogens (primary N) is 1. The Bertz CT molecular complexity index is 193. The van der Waals surface area contributed by atoms with Crippen LogP contribution in [0.4, 0.5) is 0 Å². The van der Waals surface area contributed by atoms with Crippen molar-refractivity contribution in [1.29, 1.82) is 0 Å². The summed E-state index contributed by atoms with van der Waals surface area (Å²) in [4.78, 5) is 2.41. The van der Waals surface area contributed by atoms with Crippen LogP contribution in [0.25, 0.3) is 0 Å². The Kier molecular flexibility index (Phi) is 5.69. The zero-order chi connectivity index (χ0) is 12.0. The summed E-state index contributed by atoms with van der Waals surface area (Å²) in [6.07, 6.45) is 2.10. The molecular weight excluding hydrogens is 204 g/mol. The van der Waals surface area contributed by atoms with E-state index < -0.39 is 0 Å². The number of methoxy groups -OCH3 is 1. The lowest BCUT2D eigenvalue weighted by Crippen LogP contribution is -2.53. The SMILES string of the molecule is CCC(C)N(CCOC)CC1(N)CCOC1. The predicted octanol–water partition coefficient (Wildman–Crippen LogP) is 0.851. The molecule has 1 rings (SSSR count). The van der Waals surface area contributed by atoms with Gasteiger partial charge >= 0.3 is 0 Å². The van der Waals surface area contributed by atoms with Gasteiger partial charge in [0.25, 0.3) is 0 Å². The van der Waals surface area contributed by atoms with Crippen molar-refractivity contribution in [2.24, 2.45) is 5.73 Å². The highest BCUT2D eigenvalue weighted by molar-refractivity contribution is 4.92. The standard InChI is InChI=1S/C12H26N2O2/c1-4-11(2)14(6-8-15-3)9-12(13)5-7-16-10-12/h11H,4-10,13H2,1-3H3. The van der Waals surface area contributed by atoms with Crippen molar-refractivity contribution in [2.75, 3.05) is 40.0 Å². The van der Waals surface area contributed by atoms with Crippen LogP contribution in [0.2, 0.25) is 0 Å². The minimum Gasteiger partial charge on any atom is -0.383 e. The van der Waals surface area contributed by atoms with Crippen LogP contribution in [-0.4, -0.2) is 56.5 Å². The minimum absolute atomic E-state index is 0.156. The van der Waals surface area contributed by atoms with Crippen molar-refractivity contribution < 1.29 is 9.47 Å². The summed E-state index contributed by atoms with van der Waals surface area (Å²) in [5.41, 5.74) is 6.16. The van der Waals surface area contributed by atoms with Crippen molar-refractivity contribution >= 4 is 0 Å². The van der Waals surface area contributed by atoms with E-state index in [0.717, 1.165) is 39.1 Å². The van der Waals surface area contributed by atoms with E-state index in [0.29, 0.717) is 12.6 Å². The van der Waals surface area contributed by atoms with Gasteiger partial charge in [0.1, 0.15) is 0 Å². The fraction of sp³-hybridized carbons (Fsp3) is 1.00. The molecule has 16 heavy (non-hydrogen) atoms. The van der Waals surface area contributed by atoms with Crippen LogP contribution >= 0.6 is 0 Å². The molecule has 1 heterocycles. The highest BCUT2D eigenvalue weighted by atomic mass is 16.5. The van der Waals surface area contributed by atoms with E-state index in [1.807, 2.05) is 0 Å². The topological polar surface area (TPSA) is 47.7 Å². The van der Waals surface area contributed by atoms with Gasteiger partial charge in [0, 0.05) is 32.8 Å². The zero-order valence-corrected chi connectivity index (χ0v) is 10.9. The molecule has 0 aromatic rings. The van der Waals surface area contributed by atoms with Gasteiger partial charge in [-0.3, -0.25) is 4.90 Å². The summed E-state index contributed by atoms with van der Waals surface area (Å²) < 4.78 is 10.5. The second-order valence-electron chi connectivity index (χ2n) is 4.89. The maximum atomic E-state index is 6.32. The molecule has 0 radical (unpaired) electrons. The van der Waals surface area contributed by atoms with E-state index in [9.17, 15) is 0 Å². The first-order chi connectivity index (χ1) is 7.61. The average Bonchev–Trinajstić information content (AvgIpc) is 2.70. The van der Waals surface area contributed by atoms with E-state index in [4.69, 9.17) is 15.2 Å². The monoisotopic (exact) mass is 230 g/mol. The summed E-state index contributed by atoms with van der Waals surface area (Å²) in [7, 11) is 1.74. The molecule has 1 saturated heterocycles. The van der Waals surface area contributed by atoms with Gasteiger partial charge in [0.05, 0.1) is 18.8 Å². The van der Waals surface area contributed by atoms with Crippen molar-refractivity contribution in [2.45, 2.75) is 38.3 Å². The Hall–Kier alpha value is -0.160. The number of ether oxygens (including phenoxy) is 2. The fourth-order valence-corrected chi connectivity index (χ4v) is 2.07. The van der Waals surface area contributed by atoms with E-state index in [1.165, 1.54) is 0 Å². The molecule has 0 aromatic heterocycles. The molecule has 0 aromatic carbocycles. The second kappa shape index (κ2) is 6.55. The van der Waals surface area contributed by atoms with Crippen LogP contribution in [0, 0.1) is 0 Å². The van der Waals surface area contributed by atoms with Gasteiger partial charge in [0.15, 0.2) is 0 Å². The third kappa shape index (κ3) is 4.01. The Morgan fingerprint density at radius 3 is 2.81 bits per heavy atom. The van der Waals surface area contributed by atoms with Crippen molar-refractivity contribution in [3.05, 3.63) is 0 Å². The Balaban J connectivity index is 2.47. The van der Waals surface area contributed by atoms with Gasteiger partial charge in [0.2, 0.25) is 0 Å². The maximum absolute atomic E-state index is 6.32. The van der Waals surface area contributed by atoms with Crippen LogP contribution in [0.3, 0.4) is 0 Å². The van der Waals surface area contributed by atoms with Crippen LogP contribution in [0.15, 0.2) is 0 Å². The smallest absolute Gasteiger partial charge is 0.0659 e. The average molecular weight is 230 g/mol. The highest BCUT2D eigenvalue weighted by Gasteiger charge is 2.33. The summed E-state index contributed by atoms with van der Waals surface area (Å²) in [6.45, 7) is 8.56. The molecular formula is C12H26N2O2. The number of hydrogen-bond acceptors (Lipinski definition) is 4. The number of nitrogens with zero attached hydrogens (tertiary/aromatic N) is 1. The molecule has 2 atom stereocenters. The van der Waals surface area contributed by atoms with Gasteiger partial charge in [-0.15, -0.1) is 0 Å². The second-order valence-corrected chi connectivity index (χ2v) is 4.89. The summed E-state index contributed by atoms with van der Waals surface area (Å²) in [6, 6.07) is 0.552. The molecule has 2 unspecified atom stereocenters. The van der Waals surface area contributed by atoms with Crippen LogP contribution in [0.1, 0.15) is 26.7 Å². The number of rotatable bonds is 7. The first kappa shape index (κ1) is 13.9. The molecule has 0 bridgehead atoms. The summed E-state index contributed by atoms with van der Waals surface area (Å²) in [5, 5.41) is 0. The maximum Gasteiger partial charge on any atom is 0.0659 e. The summed E-state index contributed by atoms with van der Waals surface area (Å²) in [5.74, 6) is 0. The van der Waals surface area contributed by atoms with Gasteiger partial charge < -0.3 is 15.2 Å². The highest BCUT2D eigenvalue weighted by Crippen LogP contribution is 2.18. The molecule has 4 nitrogen and oxygen atoms in total.